The molecule has 4 heteroatoms. The largest absolute Gasteiger partial charge is 0.615 e. The van der Waals surface area contributed by atoms with Gasteiger partial charge in [0.05, 0.1) is 17.2 Å². The van der Waals surface area contributed by atoms with E-state index in [0.717, 1.165) is 11.1 Å². The van der Waals surface area contributed by atoms with Crippen LogP contribution in [-0.4, -0.2) is 4.55 Å². The summed E-state index contributed by atoms with van der Waals surface area (Å²) in [5.74, 6) is 0.368. The molecule has 0 spiro atoms. The molecule has 3 nitrogen and oxygen atoms in total. The van der Waals surface area contributed by atoms with E-state index in [2.05, 4.69) is 0 Å². The first-order valence-corrected chi connectivity index (χ1v) is 6.61. The van der Waals surface area contributed by atoms with Crippen LogP contribution in [0.15, 0.2) is 53.7 Å². The minimum atomic E-state index is -1.31. The maximum Gasteiger partial charge on any atom is 0.393 e. The lowest BCUT2D eigenvalue weighted by Crippen LogP contribution is -2.34. The molecule has 0 amide bonds. The Morgan fingerprint density at radius 1 is 1.18 bits per heavy atom. The second-order valence-corrected chi connectivity index (χ2v) is 5.24. The number of rotatable bonds is 3. The number of hydrogen-bond acceptors (Lipinski definition) is 2. The molecule has 0 fully saturated rings. The molecule has 1 unspecified atom stereocenters. The van der Waals surface area contributed by atoms with Gasteiger partial charge >= 0.3 is 5.03 Å². The van der Waals surface area contributed by atoms with Crippen molar-refractivity contribution in [2.75, 3.05) is 0 Å². The van der Waals surface area contributed by atoms with E-state index in [1.54, 1.807) is 12.1 Å². The highest BCUT2D eigenvalue weighted by Crippen LogP contribution is 2.13. The van der Waals surface area contributed by atoms with Crippen LogP contribution in [-0.2, 0) is 16.9 Å². The van der Waals surface area contributed by atoms with Crippen molar-refractivity contribution in [2.45, 2.75) is 17.7 Å². The standard InChI is InChI=1S/C13H13NO2S/c1-11-7-8-14(15)13(9-11)17(16)10-12-5-3-2-4-6-12/h2-9H,10H2,1H3. The van der Waals surface area contributed by atoms with Crippen LogP contribution in [0, 0.1) is 12.1 Å². The molecular weight excluding hydrogens is 234 g/mol. The van der Waals surface area contributed by atoms with Crippen molar-refractivity contribution in [2.24, 2.45) is 0 Å². The summed E-state index contributed by atoms with van der Waals surface area (Å²) in [6, 6.07) is 12.9. The topological polar surface area (TPSA) is 50.0 Å². The zero-order chi connectivity index (χ0) is 12.3. The summed E-state index contributed by atoms with van der Waals surface area (Å²) in [6.07, 6.45) is 1.40. The van der Waals surface area contributed by atoms with Gasteiger partial charge in [0.2, 0.25) is 0 Å². The quantitative estimate of drug-likeness (QED) is 0.473. The first-order valence-electron chi connectivity index (χ1n) is 5.29. The fraction of sp³-hybridized carbons (Fsp3) is 0.154. The second-order valence-electron chi connectivity index (χ2n) is 3.84. The van der Waals surface area contributed by atoms with Crippen molar-refractivity contribution >= 4 is 11.2 Å². The Kier molecular flexibility index (Phi) is 3.66. The first-order chi connectivity index (χ1) is 8.16. The van der Waals surface area contributed by atoms with Gasteiger partial charge in [-0.1, -0.05) is 30.3 Å². The SMILES string of the molecule is Cc1cc[n+]([O-])c([S+]([O-])Cc2ccccc2)c1. The van der Waals surface area contributed by atoms with Gasteiger partial charge in [-0.05, 0) is 12.5 Å². The molecule has 17 heavy (non-hydrogen) atoms. The Labute approximate surface area is 103 Å². The van der Waals surface area contributed by atoms with E-state index >= 15 is 0 Å². The summed E-state index contributed by atoms with van der Waals surface area (Å²) in [6.45, 7) is 1.88. The molecule has 0 aliphatic rings. The molecule has 0 saturated carbocycles. The van der Waals surface area contributed by atoms with Crippen LogP contribution in [0.5, 0.6) is 0 Å². The molecule has 0 saturated heterocycles. The fourth-order valence-corrected chi connectivity index (χ4v) is 2.75. The first kappa shape index (κ1) is 12.0. The van der Waals surface area contributed by atoms with Crippen LogP contribution in [0.2, 0.25) is 0 Å². The predicted molar refractivity (Wildman–Crippen MR) is 66.7 cm³/mol. The van der Waals surface area contributed by atoms with E-state index in [4.69, 9.17) is 0 Å². The number of aryl methyl sites for hydroxylation is 1. The molecule has 0 radical (unpaired) electrons. The lowest BCUT2D eigenvalue weighted by molar-refractivity contribution is -0.646. The second kappa shape index (κ2) is 5.21. The molecule has 1 aromatic carbocycles. The van der Waals surface area contributed by atoms with E-state index in [0.29, 0.717) is 15.5 Å². The van der Waals surface area contributed by atoms with Gasteiger partial charge in [0.1, 0.15) is 5.75 Å². The highest BCUT2D eigenvalue weighted by molar-refractivity contribution is 7.90. The molecular formula is C13H13NO2S. The normalized spacial score (nSPS) is 12.4. The van der Waals surface area contributed by atoms with Gasteiger partial charge in [-0.2, -0.15) is 0 Å². The van der Waals surface area contributed by atoms with Crippen LogP contribution in [0.25, 0.3) is 0 Å². The highest BCUT2D eigenvalue weighted by Gasteiger charge is 2.21. The minimum absolute atomic E-state index is 0.314. The summed E-state index contributed by atoms with van der Waals surface area (Å²) in [7, 11) is 0. The van der Waals surface area contributed by atoms with Gasteiger partial charge in [0.25, 0.3) is 0 Å². The summed E-state index contributed by atoms with van der Waals surface area (Å²) in [5.41, 5.74) is 1.90. The number of hydrogen-bond donors (Lipinski definition) is 0. The molecule has 2 rings (SSSR count). The molecule has 2 aromatic rings. The summed E-state index contributed by atoms with van der Waals surface area (Å²) >= 11 is -1.31. The van der Waals surface area contributed by atoms with E-state index in [1.165, 1.54) is 6.20 Å². The third-order valence-corrected chi connectivity index (χ3v) is 3.77. The number of aromatic nitrogens is 1. The smallest absolute Gasteiger partial charge is 0.393 e. The third kappa shape index (κ3) is 2.99. The molecule has 0 bridgehead atoms. The van der Waals surface area contributed by atoms with Crippen LogP contribution < -0.4 is 4.73 Å². The van der Waals surface area contributed by atoms with Gasteiger partial charge in [0.15, 0.2) is 6.20 Å². The number of pyridine rings is 1. The van der Waals surface area contributed by atoms with Crippen molar-refractivity contribution in [3.05, 3.63) is 65.0 Å². The maximum absolute atomic E-state index is 12.1. The van der Waals surface area contributed by atoms with Crippen molar-refractivity contribution < 1.29 is 9.28 Å². The van der Waals surface area contributed by atoms with Gasteiger partial charge in [0, 0.05) is 11.6 Å². The van der Waals surface area contributed by atoms with E-state index in [-0.39, 0.29) is 0 Å². The summed E-state index contributed by atoms with van der Waals surface area (Å²) < 4.78 is 12.8. The minimum Gasteiger partial charge on any atom is -0.615 e. The average Bonchev–Trinajstić information content (AvgIpc) is 2.33. The zero-order valence-electron chi connectivity index (χ0n) is 9.50. The van der Waals surface area contributed by atoms with Crippen LogP contribution in [0.1, 0.15) is 11.1 Å². The number of nitrogens with zero attached hydrogens (tertiary/aromatic N) is 1. The van der Waals surface area contributed by atoms with Gasteiger partial charge < -0.3 is 9.76 Å². The van der Waals surface area contributed by atoms with Gasteiger partial charge in [-0.25, -0.2) is 0 Å². The highest BCUT2D eigenvalue weighted by atomic mass is 32.2. The third-order valence-electron chi connectivity index (χ3n) is 2.42. The molecule has 1 heterocycles. The number of benzene rings is 1. The average molecular weight is 247 g/mol. The predicted octanol–water partition coefficient (Wildman–Crippen LogP) is 1.94. The monoisotopic (exact) mass is 247 g/mol. The van der Waals surface area contributed by atoms with E-state index in [9.17, 15) is 9.76 Å². The lowest BCUT2D eigenvalue weighted by Gasteiger charge is -2.09. The van der Waals surface area contributed by atoms with Gasteiger partial charge in [-0.15, -0.1) is 4.73 Å². The van der Waals surface area contributed by atoms with Crippen molar-refractivity contribution in [3.8, 4) is 0 Å². The molecule has 0 aliphatic carbocycles. The lowest BCUT2D eigenvalue weighted by atomic mass is 10.2. The Morgan fingerprint density at radius 2 is 1.88 bits per heavy atom. The Morgan fingerprint density at radius 3 is 2.59 bits per heavy atom. The zero-order valence-corrected chi connectivity index (χ0v) is 10.3. The van der Waals surface area contributed by atoms with E-state index in [1.807, 2.05) is 37.3 Å². The summed E-state index contributed by atoms with van der Waals surface area (Å²) in [4.78, 5) is 0. The van der Waals surface area contributed by atoms with Crippen molar-refractivity contribution in [1.82, 2.24) is 0 Å². The van der Waals surface area contributed by atoms with Crippen molar-refractivity contribution in [3.63, 3.8) is 0 Å². The van der Waals surface area contributed by atoms with Crippen LogP contribution >= 0.6 is 0 Å². The molecule has 0 N–H and O–H groups in total. The van der Waals surface area contributed by atoms with E-state index < -0.39 is 11.2 Å². The van der Waals surface area contributed by atoms with Gasteiger partial charge in [-0.3, -0.25) is 0 Å². The molecule has 0 aliphatic heterocycles. The van der Waals surface area contributed by atoms with Crippen molar-refractivity contribution in [1.29, 1.82) is 0 Å². The molecule has 1 aromatic heterocycles. The van der Waals surface area contributed by atoms with Crippen LogP contribution in [0.4, 0.5) is 0 Å². The molecule has 88 valence electrons. The summed E-state index contributed by atoms with van der Waals surface area (Å²) in [5, 5.41) is 11.8. The fourth-order valence-electron chi connectivity index (χ4n) is 1.53. The molecule has 1 atom stereocenters. The Balaban J connectivity index is 2.20. The van der Waals surface area contributed by atoms with Crippen LogP contribution in [0.3, 0.4) is 0 Å². The Hall–Kier alpha value is -1.52. The Bertz CT molecular complexity index is 502. The maximum atomic E-state index is 12.1.